The van der Waals surface area contributed by atoms with Gasteiger partial charge in [-0.05, 0) is 54.8 Å². The summed E-state index contributed by atoms with van der Waals surface area (Å²) in [5.41, 5.74) is -1.31. The van der Waals surface area contributed by atoms with Gasteiger partial charge in [0.2, 0.25) is 0 Å². The van der Waals surface area contributed by atoms with Crippen molar-refractivity contribution in [2.75, 3.05) is 18.0 Å². The van der Waals surface area contributed by atoms with Crippen LogP contribution in [0.15, 0.2) is 34.8 Å². The van der Waals surface area contributed by atoms with Gasteiger partial charge in [0.1, 0.15) is 11.6 Å². The SMILES string of the molecule is CCCNCc1ccc(N2CCC(c3cc(Cl)c(Cl)c(Cl)c3)(C(F)(F)F)C2O)cc1Br. The van der Waals surface area contributed by atoms with Gasteiger partial charge in [-0.3, -0.25) is 0 Å². The van der Waals surface area contributed by atoms with Crippen LogP contribution in [-0.2, 0) is 12.0 Å². The van der Waals surface area contributed by atoms with Crippen molar-refractivity contribution >= 4 is 56.4 Å². The van der Waals surface area contributed by atoms with E-state index in [-0.39, 0.29) is 33.6 Å². The zero-order chi connectivity index (χ0) is 23.0. The molecule has 10 heteroatoms. The van der Waals surface area contributed by atoms with Crippen LogP contribution in [0, 0.1) is 0 Å². The van der Waals surface area contributed by atoms with Crippen molar-refractivity contribution in [3.63, 3.8) is 0 Å². The van der Waals surface area contributed by atoms with Crippen molar-refractivity contribution in [2.45, 2.75) is 44.1 Å². The molecule has 3 nitrogen and oxygen atoms in total. The molecule has 0 bridgehead atoms. The Morgan fingerprint density at radius 2 is 1.84 bits per heavy atom. The second-order valence-electron chi connectivity index (χ2n) is 7.49. The third kappa shape index (κ3) is 4.68. The lowest BCUT2D eigenvalue weighted by atomic mass is 9.77. The first kappa shape index (κ1) is 24.9. The van der Waals surface area contributed by atoms with Gasteiger partial charge in [0.25, 0.3) is 0 Å². The highest BCUT2D eigenvalue weighted by molar-refractivity contribution is 9.10. The maximum absolute atomic E-state index is 14.4. The predicted molar refractivity (Wildman–Crippen MR) is 123 cm³/mol. The Morgan fingerprint density at radius 3 is 2.39 bits per heavy atom. The zero-order valence-corrected chi connectivity index (χ0v) is 20.4. The number of nitrogens with zero attached hydrogens (tertiary/aromatic N) is 1. The molecule has 0 saturated carbocycles. The van der Waals surface area contributed by atoms with Crippen LogP contribution < -0.4 is 10.2 Å². The zero-order valence-electron chi connectivity index (χ0n) is 16.5. The van der Waals surface area contributed by atoms with Crippen molar-refractivity contribution in [3.8, 4) is 0 Å². The number of aliphatic hydroxyl groups excluding tert-OH is 1. The number of hydrogen-bond acceptors (Lipinski definition) is 3. The smallest absolute Gasteiger partial charge is 0.372 e. The van der Waals surface area contributed by atoms with E-state index >= 15 is 0 Å². The highest BCUT2D eigenvalue weighted by Crippen LogP contribution is 2.53. The van der Waals surface area contributed by atoms with Gasteiger partial charge in [-0.15, -0.1) is 0 Å². The molecule has 2 N–H and O–H groups in total. The molecule has 1 aliphatic heterocycles. The average Bonchev–Trinajstić information content (AvgIpc) is 3.05. The van der Waals surface area contributed by atoms with Gasteiger partial charge in [0.15, 0.2) is 0 Å². The van der Waals surface area contributed by atoms with E-state index in [1.54, 1.807) is 12.1 Å². The summed E-state index contributed by atoms with van der Waals surface area (Å²) in [4.78, 5) is 1.35. The lowest BCUT2D eigenvalue weighted by molar-refractivity contribution is -0.210. The number of hydrogen-bond donors (Lipinski definition) is 2. The summed E-state index contributed by atoms with van der Waals surface area (Å²) in [5.74, 6) is 0. The number of anilines is 1. The second kappa shape index (κ2) is 9.65. The van der Waals surface area contributed by atoms with Crippen LogP contribution in [0.25, 0.3) is 0 Å². The standard InChI is InChI=1S/C21H21BrCl3F3N2O/c1-2-6-29-11-12-3-4-14(10-15(12)22)30-7-5-20(19(30)31,21(26,27)28)13-8-16(23)18(25)17(24)9-13/h3-4,8-10,19,29,31H,2,5-7,11H2,1H3. The molecule has 1 heterocycles. The molecule has 1 fully saturated rings. The number of benzene rings is 2. The van der Waals surface area contributed by atoms with Gasteiger partial charge in [0.05, 0.1) is 15.1 Å². The van der Waals surface area contributed by atoms with Crippen LogP contribution in [0.1, 0.15) is 30.9 Å². The van der Waals surface area contributed by atoms with E-state index < -0.39 is 17.8 Å². The Kier molecular flexibility index (Phi) is 7.77. The third-order valence-corrected chi connectivity index (χ3v) is 7.53. The number of nitrogens with one attached hydrogen (secondary N) is 1. The third-order valence-electron chi connectivity index (χ3n) is 5.60. The minimum absolute atomic E-state index is 0.00157. The molecule has 0 spiro atoms. The van der Waals surface area contributed by atoms with Gasteiger partial charge in [-0.25, -0.2) is 0 Å². The maximum atomic E-state index is 14.4. The topological polar surface area (TPSA) is 35.5 Å². The normalized spacial score (nSPS) is 21.7. The minimum atomic E-state index is -4.75. The summed E-state index contributed by atoms with van der Waals surface area (Å²) in [7, 11) is 0. The quantitative estimate of drug-likeness (QED) is 0.297. The second-order valence-corrected chi connectivity index (χ2v) is 9.54. The van der Waals surface area contributed by atoms with E-state index in [1.165, 1.54) is 4.90 Å². The molecule has 2 atom stereocenters. The molecule has 170 valence electrons. The molecular weight excluding hydrogens is 540 g/mol. The van der Waals surface area contributed by atoms with Crippen LogP contribution in [0.5, 0.6) is 0 Å². The molecule has 0 radical (unpaired) electrons. The molecule has 2 aromatic carbocycles. The number of rotatable bonds is 6. The van der Waals surface area contributed by atoms with Crippen LogP contribution in [0.3, 0.4) is 0 Å². The molecule has 2 aromatic rings. The molecule has 1 aliphatic rings. The monoisotopic (exact) mass is 558 g/mol. The summed E-state index contributed by atoms with van der Waals surface area (Å²) >= 11 is 21.4. The van der Waals surface area contributed by atoms with Crippen LogP contribution in [-0.4, -0.2) is 30.6 Å². The van der Waals surface area contributed by atoms with Crippen LogP contribution >= 0.6 is 50.7 Å². The highest BCUT2D eigenvalue weighted by Gasteiger charge is 2.65. The summed E-state index contributed by atoms with van der Waals surface area (Å²) in [6.45, 7) is 3.55. The Labute approximate surface area is 202 Å². The highest BCUT2D eigenvalue weighted by atomic mass is 79.9. The first-order valence-electron chi connectivity index (χ1n) is 9.68. The van der Waals surface area contributed by atoms with E-state index in [1.807, 2.05) is 6.07 Å². The van der Waals surface area contributed by atoms with Gasteiger partial charge in [-0.1, -0.05) is 63.7 Å². The first-order valence-corrected chi connectivity index (χ1v) is 11.6. The van der Waals surface area contributed by atoms with Gasteiger partial charge in [0, 0.05) is 23.2 Å². The van der Waals surface area contributed by atoms with Crippen molar-refractivity contribution in [1.29, 1.82) is 0 Å². The van der Waals surface area contributed by atoms with Gasteiger partial charge in [-0.2, -0.15) is 13.2 Å². The molecule has 3 rings (SSSR count). The first-order chi connectivity index (χ1) is 14.5. The van der Waals surface area contributed by atoms with Crippen molar-refractivity contribution in [3.05, 3.63) is 61.0 Å². The van der Waals surface area contributed by atoms with E-state index in [4.69, 9.17) is 34.8 Å². The molecule has 0 amide bonds. The van der Waals surface area contributed by atoms with E-state index in [0.717, 1.165) is 35.1 Å². The summed E-state index contributed by atoms with van der Waals surface area (Å²) in [6, 6.07) is 7.53. The van der Waals surface area contributed by atoms with Crippen molar-refractivity contribution in [2.24, 2.45) is 0 Å². The summed E-state index contributed by atoms with van der Waals surface area (Å²) < 4.78 is 43.9. The van der Waals surface area contributed by atoms with E-state index in [0.29, 0.717) is 12.2 Å². The lowest BCUT2D eigenvalue weighted by Crippen LogP contribution is -2.52. The summed E-state index contributed by atoms with van der Waals surface area (Å²) in [5, 5.41) is 14.1. The molecule has 1 saturated heterocycles. The Balaban J connectivity index is 1.98. The fourth-order valence-electron chi connectivity index (χ4n) is 3.90. The van der Waals surface area contributed by atoms with Crippen molar-refractivity contribution < 1.29 is 18.3 Å². The molecule has 31 heavy (non-hydrogen) atoms. The van der Waals surface area contributed by atoms with E-state index in [9.17, 15) is 18.3 Å². The average molecular weight is 561 g/mol. The largest absolute Gasteiger partial charge is 0.402 e. The molecular formula is C21H21BrCl3F3N2O. The number of aliphatic hydroxyl groups is 1. The lowest BCUT2D eigenvalue weighted by Gasteiger charge is -2.37. The molecule has 0 aromatic heterocycles. The van der Waals surface area contributed by atoms with E-state index in [2.05, 4.69) is 28.2 Å². The van der Waals surface area contributed by atoms with Gasteiger partial charge >= 0.3 is 6.18 Å². The number of halogens is 7. The fraction of sp³-hybridized carbons (Fsp3) is 0.429. The fourth-order valence-corrected chi connectivity index (χ4v) is 5.00. The maximum Gasteiger partial charge on any atom is 0.402 e. The molecule has 0 aliphatic carbocycles. The minimum Gasteiger partial charge on any atom is -0.372 e. The Hall–Kier alpha value is -0.700. The van der Waals surface area contributed by atoms with Crippen LogP contribution in [0.4, 0.5) is 18.9 Å². The molecule has 2 unspecified atom stereocenters. The summed E-state index contributed by atoms with van der Waals surface area (Å²) in [6.07, 6.45) is -5.97. The predicted octanol–water partition coefficient (Wildman–Crippen LogP) is 6.94. The Morgan fingerprint density at radius 1 is 1.19 bits per heavy atom. The van der Waals surface area contributed by atoms with Crippen LogP contribution in [0.2, 0.25) is 15.1 Å². The number of alkyl halides is 3. The van der Waals surface area contributed by atoms with Gasteiger partial charge < -0.3 is 15.3 Å². The Bertz CT molecular complexity index is 937. The van der Waals surface area contributed by atoms with Crippen molar-refractivity contribution in [1.82, 2.24) is 5.32 Å².